The van der Waals surface area contributed by atoms with Crippen molar-refractivity contribution in [2.75, 3.05) is 0 Å². The molecule has 1 aromatic carbocycles. The van der Waals surface area contributed by atoms with Crippen molar-refractivity contribution in [1.29, 1.82) is 0 Å². The zero-order valence-corrected chi connectivity index (χ0v) is 13.9. The van der Waals surface area contributed by atoms with Crippen molar-refractivity contribution >= 4 is 21.8 Å². The molecule has 0 aliphatic carbocycles. The fourth-order valence-corrected chi connectivity index (χ4v) is 2.99. The van der Waals surface area contributed by atoms with E-state index in [-0.39, 0.29) is 16.7 Å². The summed E-state index contributed by atoms with van der Waals surface area (Å²) < 4.78 is 26.4. The second-order valence-electron chi connectivity index (χ2n) is 5.04. The Morgan fingerprint density at radius 2 is 1.64 bits per heavy atom. The zero-order valence-electron chi connectivity index (χ0n) is 13.0. The molecule has 0 spiro atoms. The molecule has 0 fully saturated rings. The smallest absolute Gasteiger partial charge is 0.264 e. The van der Waals surface area contributed by atoms with Crippen LogP contribution in [0.2, 0.25) is 0 Å². The topological polar surface area (TPSA) is 92.3 Å². The summed E-state index contributed by atoms with van der Waals surface area (Å²) in [6, 6.07) is 6.04. The van der Waals surface area contributed by atoms with Gasteiger partial charge in [0.25, 0.3) is 10.0 Å². The van der Waals surface area contributed by atoms with Crippen LogP contribution in [0.4, 0.5) is 0 Å². The molecule has 0 aliphatic heterocycles. The Kier molecular flexibility index (Phi) is 6.55. The Morgan fingerprint density at radius 3 is 2.09 bits per heavy atom. The van der Waals surface area contributed by atoms with Crippen molar-refractivity contribution in [2.24, 2.45) is 5.92 Å². The molecule has 122 valence electrons. The van der Waals surface area contributed by atoms with Crippen LogP contribution in [0.1, 0.15) is 39.2 Å². The van der Waals surface area contributed by atoms with Gasteiger partial charge in [-0.2, -0.15) is 0 Å². The van der Waals surface area contributed by atoms with Crippen molar-refractivity contribution in [1.82, 2.24) is 10.0 Å². The van der Waals surface area contributed by atoms with Gasteiger partial charge in [0.15, 0.2) is 0 Å². The van der Waals surface area contributed by atoms with Gasteiger partial charge in [0.05, 0.1) is 4.90 Å². The van der Waals surface area contributed by atoms with Crippen molar-refractivity contribution < 1.29 is 18.0 Å². The SMILES string of the molecule is CCC(CC)C(=O)NS(=O)(=O)c1ccc(CNC(C)=O)cc1. The third-order valence-electron chi connectivity index (χ3n) is 3.37. The molecule has 0 unspecified atom stereocenters. The highest BCUT2D eigenvalue weighted by Crippen LogP contribution is 2.13. The summed E-state index contributed by atoms with van der Waals surface area (Å²) in [5.41, 5.74) is 0.778. The average molecular weight is 326 g/mol. The Morgan fingerprint density at radius 1 is 1.09 bits per heavy atom. The molecule has 2 amide bonds. The molecular formula is C15H22N2O4S. The predicted octanol–water partition coefficient (Wildman–Crippen LogP) is 1.56. The van der Waals surface area contributed by atoms with E-state index in [2.05, 4.69) is 10.0 Å². The van der Waals surface area contributed by atoms with Gasteiger partial charge in [-0.3, -0.25) is 9.59 Å². The highest BCUT2D eigenvalue weighted by Gasteiger charge is 2.22. The van der Waals surface area contributed by atoms with Crippen LogP contribution in [0, 0.1) is 5.92 Å². The Balaban J connectivity index is 2.81. The van der Waals surface area contributed by atoms with Gasteiger partial charge in [-0.15, -0.1) is 0 Å². The third-order valence-corrected chi connectivity index (χ3v) is 4.73. The van der Waals surface area contributed by atoms with E-state index in [1.54, 1.807) is 12.1 Å². The molecular weight excluding hydrogens is 304 g/mol. The summed E-state index contributed by atoms with van der Waals surface area (Å²) in [5.74, 6) is -0.949. The summed E-state index contributed by atoms with van der Waals surface area (Å²) in [5, 5.41) is 2.62. The number of nitrogens with one attached hydrogen (secondary N) is 2. The van der Waals surface area contributed by atoms with E-state index in [4.69, 9.17) is 0 Å². The number of benzene rings is 1. The van der Waals surface area contributed by atoms with Gasteiger partial charge in [-0.25, -0.2) is 13.1 Å². The lowest BCUT2D eigenvalue weighted by Gasteiger charge is -2.13. The Labute approximate surface area is 131 Å². The second-order valence-corrected chi connectivity index (χ2v) is 6.72. The Hall–Kier alpha value is -1.89. The standard InChI is InChI=1S/C15H22N2O4S/c1-4-13(5-2)15(19)17-22(20,21)14-8-6-12(7-9-14)10-16-11(3)18/h6-9,13H,4-5,10H2,1-3H3,(H,16,18)(H,17,19). The fraction of sp³-hybridized carbons (Fsp3) is 0.467. The molecule has 0 bridgehead atoms. The predicted molar refractivity (Wildman–Crippen MR) is 83.4 cm³/mol. The van der Waals surface area contributed by atoms with E-state index in [1.807, 2.05) is 13.8 Å². The maximum absolute atomic E-state index is 12.2. The van der Waals surface area contributed by atoms with Crippen molar-refractivity contribution in [3.63, 3.8) is 0 Å². The first-order chi connectivity index (χ1) is 10.3. The second kappa shape index (κ2) is 7.93. The molecule has 0 aliphatic rings. The van der Waals surface area contributed by atoms with Crippen LogP contribution in [-0.4, -0.2) is 20.2 Å². The first-order valence-electron chi connectivity index (χ1n) is 7.20. The number of hydrogen-bond donors (Lipinski definition) is 2. The molecule has 22 heavy (non-hydrogen) atoms. The summed E-state index contributed by atoms with van der Waals surface area (Å²) in [4.78, 5) is 22.8. The third kappa shape index (κ3) is 5.14. The van der Waals surface area contributed by atoms with Gasteiger partial charge < -0.3 is 5.32 Å². The number of sulfonamides is 1. The molecule has 0 radical (unpaired) electrons. The lowest BCUT2D eigenvalue weighted by Crippen LogP contribution is -2.35. The van der Waals surface area contributed by atoms with E-state index in [0.29, 0.717) is 19.4 Å². The number of carbonyl (C=O) groups is 2. The van der Waals surface area contributed by atoms with Crippen molar-refractivity contribution in [3.8, 4) is 0 Å². The van der Waals surface area contributed by atoms with Crippen LogP contribution in [0.25, 0.3) is 0 Å². The molecule has 0 saturated heterocycles. The van der Waals surface area contributed by atoms with Gasteiger partial charge in [0.1, 0.15) is 0 Å². The molecule has 6 nitrogen and oxygen atoms in total. The number of hydrogen-bond acceptors (Lipinski definition) is 4. The maximum atomic E-state index is 12.2. The van der Waals surface area contributed by atoms with Crippen LogP contribution in [0.15, 0.2) is 29.2 Å². The normalized spacial score (nSPS) is 11.3. The summed E-state index contributed by atoms with van der Waals surface area (Å²) in [6.45, 7) is 5.43. The van der Waals surface area contributed by atoms with E-state index in [1.165, 1.54) is 19.1 Å². The largest absolute Gasteiger partial charge is 0.352 e. The molecule has 1 rings (SSSR count). The van der Waals surface area contributed by atoms with E-state index in [0.717, 1.165) is 5.56 Å². The Bertz CT molecular complexity index is 619. The quantitative estimate of drug-likeness (QED) is 0.795. The highest BCUT2D eigenvalue weighted by molar-refractivity contribution is 7.90. The number of rotatable bonds is 7. The minimum atomic E-state index is -3.86. The zero-order chi connectivity index (χ0) is 16.8. The van der Waals surface area contributed by atoms with Crippen LogP contribution in [0.3, 0.4) is 0 Å². The fourth-order valence-electron chi connectivity index (χ4n) is 1.95. The van der Waals surface area contributed by atoms with E-state index in [9.17, 15) is 18.0 Å². The van der Waals surface area contributed by atoms with Crippen molar-refractivity contribution in [3.05, 3.63) is 29.8 Å². The van der Waals surface area contributed by atoms with Crippen LogP contribution in [0.5, 0.6) is 0 Å². The minimum Gasteiger partial charge on any atom is -0.352 e. The summed E-state index contributed by atoms with van der Waals surface area (Å²) >= 11 is 0. The van der Waals surface area contributed by atoms with Crippen LogP contribution < -0.4 is 10.0 Å². The monoisotopic (exact) mass is 326 g/mol. The maximum Gasteiger partial charge on any atom is 0.264 e. The first-order valence-corrected chi connectivity index (χ1v) is 8.68. The average Bonchev–Trinajstić information content (AvgIpc) is 2.46. The van der Waals surface area contributed by atoms with Crippen LogP contribution >= 0.6 is 0 Å². The molecule has 1 aromatic rings. The molecule has 0 atom stereocenters. The summed E-state index contributed by atoms with van der Waals surface area (Å²) in [7, 11) is -3.86. The van der Waals surface area contributed by atoms with Crippen LogP contribution in [-0.2, 0) is 26.2 Å². The lowest BCUT2D eigenvalue weighted by molar-refractivity contribution is -0.123. The molecule has 0 heterocycles. The number of amides is 2. The minimum absolute atomic E-state index is 0.0263. The summed E-state index contributed by atoms with van der Waals surface area (Å²) in [6.07, 6.45) is 1.18. The molecule has 2 N–H and O–H groups in total. The van der Waals surface area contributed by atoms with E-state index < -0.39 is 15.9 Å². The van der Waals surface area contributed by atoms with E-state index >= 15 is 0 Å². The van der Waals surface area contributed by atoms with Crippen molar-refractivity contribution in [2.45, 2.75) is 45.1 Å². The van der Waals surface area contributed by atoms with Gasteiger partial charge in [-0.05, 0) is 30.5 Å². The van der Waals surface area contributed by atoms with Gasteiger partial charge >= 0.3 is 0 Å². The lowest BCUT2D eigenvalue weighted by atomic mass is 10.0. The van der Waals surface area contributed by atoms with Gasteiger partial charge in [0.2, 0.25) is 11.8 Å². The molecule has 0 saturated carbocycles. The van der Waals surface area contributed by atoms with Gasteiger partial charge in [-0.1, -0.05) is 26.0 Å². The highest BCUT2D eigenvalue weighted by atomic mass is 32.2. The van der Waals surface area contributed by atoms with Gasteiger partial charge in [0, 0.05) is 19.4 Å². The first kappa shape index (κ1) is 18.2. The number of carbonyl (C=O) groups excluding carboxylic acids is 2. The molecule has 0 aromatic heterocycles. The molecule has 7 heteroatoms.